The molecule has 1 aliphatic heterocycles. The summed E-state index contributed by atoms with van der Waals surface area (Å²) in [5, 5.41) is 3.82. The summed E-state index contributed by atoms with van der Waals surface area (Å²) in [5.41, 5.74) is 0. The molecule has 0 amide bonds. The van der Waals surface area contributed by atoms with Crippen LogP contribution >= 0.6 is 27.3 Å². The number of hydrogen-bond acceptors (Lipinski definition) is 3. The van der Waals surface area contributed by atoms with Crippen LogP contribution in [-0.2, 0) is 6.54 Å². The number of thiophene rings is 1. The van der Waals surface area contributed by atoms with Crippen molar-refractivity contribution in [2.75, 3.05) is 19.6 Å². The van der Waals surface area contributed by atoms with E-state index in [1.165, 1.54) is 66.8 Å². The lowest BCUT2D eigenvalue weighted by Gasteiger charge is -2.32. The summed E-state index contributed by atoms with van der Waals surface area (Å²) in [7, 11) is 0. The van der Waals surface area contributed by atoms with Gasteiger partial charge in [0, 0.05) is 24.0 Å². The molecule has 2 fully saturated rings. The minimum atomic E-state index is 0.723. The smallest absolute Gasteiger partial charge is 0.0701 e. The molecular weight excluding hydrogens is 332 g/mol. The lowest BCUT2D eigenvalue weighted by molar-refractivity contribution is 0.202. The Morgan fingerprint density at radius 1 is 1.20 bits per heavy atom. The highest BCUT2D eigenvalue weighted by molar-refractivity contribution is 9.11. The van der Waals surface area contributed by atoms with Gasteiger partial charge in [-0.25, -0.2) is 0 Å². The summed E-state index contributed by atoms with van der Waals surface area (Å²) in [6.07, 6.45) is 8.51. The van der Waals surface area contributed by atoms with Gasteiger partial charge in [0.1, 0.15) is 0 Å². The summed E-state index contributed by atoms with van der Waals surface area (Å²) in [4.78, 5) is 4.15. The van der Waals surface area contributed by atoms with Crippen LogP contribution in [0, 0.1) is 5.92 Å². The zero-order valence-electron chi connectivity index (χ0n) is 12.1. The minimum Gasteiger partial charge on any atom is -0.312 e. The average Bonchev–Trinajstić information content (AvgIpc) is 2.74. The van der Waals surface area contributed by atoms with Crippen molar-refractivity contribution in [1.82, 2.24) is 10.2 Å². The molecule has 0 aromatic carbocycles. The largest absolute Gasteiger partial charge is 0.312 e. The van der Waals surface area contributed by atoms with E-state index in [9.17, 15) is 0 Å². The average molecular weight is 357 g/mol. The molecule has 112 valence electrons. The van der Waals surface area contributed by atoms with Gasteiger partial charge in [-0.2, -0.15) is 0 Å². The monoisotopic (exact) mass is 356 g/mol. The van der Waals surface area contributed by atoms with Gasteiger partial charge in [0.15, 0.2) is 0 Å². The maximum Gasteiger partial charge on any atom is 0.0701 e. The molecule has 3 rings (SSSR count). The Balaban J connectivity index is 1.59. The van der Waals surface area contributed by atoms with Crippen LogP contribution in [-0.4, -0.2) is 30.6 Å². The molecule has 1 aliphatic carbocycles. The molecule has 2 aliphatic rings. The SMILES string of the molecule is Brc1ccc(CN2CCCNC(C3CCCCC3)C2)s1. The first-order valence-electron chi connectivity index (χ1n) is 8.01. The molecule has 0 radical (unpaired) electrons. The van der Waals surface area contributed by atoms with E-state index in [4.69, 9.17) is 0 Å². The fourth-order valence-electron chi connectivity index (χ4n) is 3.68. The maximum atomic E-state index is 3.82. The third-order valence-electron chi connectivity index (χ3n) is 4.74. The molecule has 1 saturated carbocycles. The molecule has 0 spiro atoms. The molecule has 1 aromatic heterocycles. The number of nitrogens with one attached hydrogen (secondary N) is 1. The van der Waals surface area contributed by atoms with Crippen molar-refractivity contribution in [3.8, 4) is 0 Å². The van der Waals surface area contributed by atoms with Gasteiger partial charge in [0.05, 0.1) is 3.79 Å². The van der Waals surface area contributed by atoms with Crippen LogP contribution in [0.5, 0.6) is 0 Å². The molecule has 1 aromatic rings. The lowest BCUT2D eigenvalue weighted by atomic mass is 9.83. The topological polar surface area (TPSA) is 15.3 Å². The Labute approximate surface area is 135 Å². The molecule has 20 heavy (non-hydrogen) atoms. The first kappa shape index (κ1) is 15.0. The maximum absolute atomic E-state index is 3.82. The van der Waals surface area contributed by atoms with Crippen LogP contribution in [0.15, 0.2) is 15.9 Å². The normalized spacial score (nSPS) is 26.6. The van der Waals surface area contributed by atoms with E-state index in [-0.39, 0.29) is 0 Å². The number of nitrogens with zero attached hydrogens (tertiary/aromatic N) is 1. The Morgan fingerprint density at radius 2 is 2.05 bits per heavy atom. The van der Waals surface area contributed by atoms with Crippen molar-refractivity contribution in [2.24, 2.45) is 5.92 Å². The van der Waals surface area contributed by atoms with Crippen LogP contribution in [0.25, 0.3) is 0 Å². The van der Waals surface area contributed by atoms with Gasteiger partial charge in [-0.1, -0.05) is 19.3 Å². The summed E-state index contributed by atoms with van der Waals surface area (Å²) in [6.45, 7) is 4.80. The van der Waals surface area contributed by atoms with E-state index in [2.05, 4.69) is 38.3 Å². The molecule has 1 atom stereocenters. The van der Waals surface area contributed by atoms with Crippen LogP contribution < -0.4 is 5.32 Å². The van der Waals surface area contributed by atoms with Crippen LogP contribution in [0.2, 0.25) is 0 Å². The second-order valence-electron chi connectivity index (χ2n) is 6.25. The zero-order chi connectivity index (χ0) is 13.8. The van der Waals surface area contributed by atoms with Gasteiger partial charge in [0.2, 0.25) is 0 Å². The molecule has 2 nitrogen and oxygen atoms in total. The minimum absolute atomic E-state index is 0.723. The Bertz CT molecular complexity index is 414. The number of hydrogen-bond donors (Lipinski definition) is 1. The molecular formula is C16H25BrN2S. The Morgan fingerprint density at radius 3 is 2.80 bits per heavy atom. The van der Waals surface area contributed by atoms with Crippen molar-refractivity contribution >= 4 is 27.3 Å². The van der Waals surface area contributed by atoms with E-state index >= 15 is 0 Å². The third-order valence-corrected chi connectivity index (χ3v) is 6.35. The highest BCUT2D eigenvalue weighted by atomic mass is 79.9. The quantitative estimate of drug-likeness (QED) is 0.870. The third kappa shape index (κ3) is 4.06. The van der Waals surface area contributed by atoms with E-state index in [0.29, 0.717) is 0 Å². The fourth-order valence-corrected chi connectivity index (χ4v) is 5.20. The van der Waals surface area contributed by atoms with Gasteiger partial charge in [-0.15, -0.1) is 11.3 Å². The van der Waals surface area contributed by atoms with Gasteiger partial charge < -0.3 is 5.32 Å². The van der Waals surface area contributed by atoms with Crippen LogP contribution in [0.4, 0.5) is 0 Å². The standard InChI is InChI=1S/C16H25BrN2S/c17-16-8-7-14(20-16)11-19-10-4-9-18-15(12-19)13-5-2-1-3-6-13/h7-8,13,15,18H,1-6,9-12H2. The number of halogens is 1. The summed E-state index contributed by atoms with van der Waals surface area (Å²) >= 11 is 5.45. The predicted octanol–water partition coefficient (Wildman–Crippen LogP) is 4.25. The van der Waals surface area contributed by atoms with Crippen LogP contribution in [0.1, 0.15) is 43.4 Å². The number of rotatable bonds is 3. The van der Waals surface area contributed by atoms with Gasteiger partial charge in [0.25, 0.3) is 0 Å². The molecule has 2 heterocycles. The van der Waals surface area contributed by atoms with E-state index < -0.39 is 0 Å². The fraction of sp³-hybridized carbons (Fsp3) is 0.750. The zero-order valence-corrected chi connectivity index (χ0v) is 14.5. The summed E-state index contributed by atoms with van der Waals surface area (Å²) in [5.74, 6) is 0.916. The molecule has 1 saturated heterocycles. The van der Waals surface area contributed by atoms with Gasteiger partial charge >= 0.3 is 0 Å². The highest BCUT2D eigenvalue weighted by Gasteiger charge is 2.26. The molecule has 1 N–H and O–H groups in total. The Hall–Kier alpha value is 0.1000. The van der Waals surface area contributed by atoms with E-state index in [1.807, 2.05) is 11.3 Å². The van der Waals surface area contributed by atoms with Crippen molar-refractivity contribution < 1.29 is 0 Å². The van der Waals surface area contributed by atoms with Crippen molar-refractivity contribution in [2.45, 2.75) is 51.1 Å². The Kier molecular flexibility index (Phi) is 5.55. The molecule has 4 heteroatoms. The molecule has 1 unspecified atom stereocenters. The predicted molar refractivity (Wildman–Crippen MR) is 90.3 cm³/mol. The second kappa shape index (κ2) is 7.39. The van der Waals surface area contributed by atoms with Crippen molar-refractivity contribution in [1.29, 1.82) is 0 Å². The summed E-state index contributed by atoms with van der Waals surface area (Å²) < 4.78 is 1.25. The molecule has 0 bridgehead atoms. The lowest BCUT2D eigenvalue weighted by Crippen LogP contribution is -2.43. The van der Waals surface area contributed by atoms with Gasteiger partial charge in [-0.3, -0.25) is 4.90 Å². The van der Waals surface area contributed by atoms with Crippen molar-refractivity contribution in [3.05, 3.63) is 20.8 Å². The van der Waals surface area contributed by atoms with Gasteiger partial charge in [-0.05, 0) is 66.3 Å². The van der Waals surface area contributed by atoms with Crippen LogP contribution in [0.3, 0.4) is 0 Å². The first-order valence-corrected chi connectivity index (χ1v) is 9.62. The van der Waals surface area contributed by atoms with E-state index in [1.54, 1.807) is 0 Å². The van der Waals surface area contributed by atoms with Crippen molar-refractivity contribution in [3.63, 3.8) is 0 Å². The first-order chi connectivity index (χ1) is 9.81. The highest BCUT2D eigenvalue weighted by Crippen LogP contribution is 2.28. The van der Waals surface area contributed by atoms with E-state index in [0.717, 1.165) is 18.5 Å². The second-order valence-corrected chi connectivity index (χ2v) is 8.80. The summed E-state index contributed by atoms with van der Waals surface area (Å²) in [6, 6.07) is 5.17.